The zero-order valence-corrected chi connectivity index (χ0v) is 17.9. The van der Waals surface area contributed by atoms with Gasteiger partial charge < -0.3 is 15.1 Å². The van der Waals surface area contributed by atoms with E-state index >= 15 is 0 Å². The number of aliphatic imine (C=N–C) groups is 1. The molecule has 1 aliphatic rings. The molecule has 136 valence electrons. The van der Waals surface area contributed by atoms with E-state index in [4.69, 9.17) is 4.99 Å². The Hall–Kier alpha value is -0.300. The number of rotatable bonds is 8. The predicted molar refractivity (Wildman–Crippen MR) is 113 cm³/mol. The lowest BCUT2D eigenvalue weighted by Gasteiger charge is -2.35. The first kappa shape index (κ1) is 22.7. The number of nitrogens with zero attached hydrogens (tertiary/aromatic N) is 3. The first-order valence-electron chi connectivity index (χ1n) is 8.92. The SMILES string of the molecule is C=CCCCN(C)C(=NCC1CCCN(C(C)C)C1)NCC.I. The number of nitrogens with one attached hydrogen (secondary N) is 1. The van der Waals surface area contributed by atoms with Crippen LogP contribution in [0.5, 0.6) is 0 Å². The molecule has 0 radical (unpaired) electrons. The lowest BCUT2D eigenvalue weighted by atomic mass is 9.97. The summed E-state index contributed by atoms with van der Waals surface area (Å²) in [5.41, 5.74) is 0. The molecule has 1 saturated heterocycles. The summed E-state index contributed by atoms with van der Waals surface area (Å²) in [4.78, 5) is 9.72. The summed E-state index contributed by atoms with van der Waals surface area (Å²) in [5, 5.41) is 3.42. The lowest BCUT2D eigenvalue weighted by molar-refractivity contribution is 0.143. The molecular formula is C18H37IN4. The maximum absolute atomic E-state index is 4.89. The molecule has 1 heterocycles. The summed E-state index contributed by atoms with van der Waals surface area (Å²) in [7, 11) is 2.13. The van der Waals surface area contributed by atoms with Crippen LogP contribution < -0.4 is 5.32 Å². The molecule has 1 N–H and O–H groups in total. The molecule has 5 heteroatoms. The van der Waals surface area contributed by atoms with E-state index in [1.54, 1.807) is 0 Å². The van der Waals surface area contributed by atoms with E-state index in [1.807, 2.05) is 6.08 Å². The van der Waals surface area contributed by atoms with Gasteiger partial charge in [0.25, 0.3) is 0 Å². The molecule has 0 aliphatic carbocycles. The summed E-state index contributed by atoms with van der Waals surface area (Å²) in [6, 6.07) is 0.654. The zero-order valence-electron chi connectivity index (χ0n) is 15.6. The van der Waals surface area contributed by atoms with Crippen LogP contribution in [-0.4, -0.2) is 61.6 Å². The van der Waals surface area contributed by atoms with Gasteiger partial charge in [-0.3, -0.25) is 4.99 Å². The van der Waals surface area contributed by atoms with Crippen molar-refractivity contribution in [1.82, 2.24) is 15.1 Å². The molecule has 1 aliphatic heterocycles. The Labute approximate surface area is 160 Å². The number of piperidine rings is 1. The molecule has 0 amide bonds. The first-order chi connectivity index (χ1) is 10.6. The second-order valence-corrected chi connectivity index (χ2v) is 6.64. The maximum atomic E-state index is 4.89. The highest BCUT2D eigenvalue weighted by molar-refractivity contribution is 14.0. The summed E-state index contributed by atoms with van der Waals surface area (Å²) in [5.74, 6) is 1.75. The van der Waals surface area contributed by atoms with Gasteiger partial charge in [-0.1, -0.05) is 6.08 Å². The molecular weight excluding hydrogens is 399 g/mol. The largest absolute Gasteiger partial charge is 0.357 e. The highest BCUT2D eigenvalue weighted by atomic mass is 127. The highest BCUT2D eigenvalue weighted by Crippen LogP contribution is 2.18. The molecule has 0 spiro atoms. The van der Waals surface area contributed by atoms with Crippen molar-refractivity contribution >= 4 is 29.9 Å². The lowest BCUT2D eigenvalue weighted by Crippen LogP contribution is -2.42. The molecule has 0 bridgehead atoms. The zero-order chi connectivity index (χ0) is 16.4. The van der Waals surface area contributed by atoms with Gasteiger partial charge in [0, 0.05) is 39.3 Å². The molecule has 1 rings (SSSR count). The molecule has 0 aromatic rings. The van der Waals surface area contributed by atoms with E-state index in [2.05, 4.69) is 49.5 Å². The molecule has 0 aromatic heterocycles. The van der Waals surface area contributed by atoms with E-state index < -0.39 is 0 Å². The molecule has 1 unspecified atom stereocenters. The molecule has 1 atom stereocenters. The van der Waals surface area contributed by atoms with E-state index in [0.717, 1.165) is 38.4 Å². The van der Waals surface area contributed by atoms with Crippen LogP contribution in [0, 0.1) is 5.92 Å². The third-order valence-corrected chi connectivity index (χ3v) is 4.38. The topological polar surface area (TPSA) is 30.9 Å². The van der Waals surface area contributed by atoms with Crippen molar-refractivity contribution in [2.24, 2.45) is 10.9 Å². The minimum atomic E-state index is 0. The van der Waals surface area contributed by atoms with Gasteiger partial charge in [-0.15, -0.1) is 30.6 Å². The van der Waals surface area contributed by atoms with Gasteiger partial charge in [0.1, 0.15) is 0 Å². The number of hydrogen-bond acceptors (Lipinski definition) is 2. The summed E-state index contributed by atoms with van der Waals surface area (Å²) in [6.07, 6.45) is 6.81. The minimum Gasteiger partial charge on any atom is -0.357 e. The summed E-state index contributed by atoms with van der Waals surface area (Å²) in [6.45, 7) is 15.8. The molecule has 4 nitrogen and oxygen atoms in total. The van der Waals surface area contributed by atoms with Crippen LogP contribution in [0.15, 0.2) is 17.6 Å². The third kappa shape index (κ3) is 8.94. The van der Waals surface area contributed by atoms with E-state index in [1.165, 1.54) is 25.9 Å². The highest BCUT2D eigenvalue weighted by Gasteiger charge is 2.21. The Kier molecular flexibility index (Phi) is 12.9. The average molecular weight is 436 g/mol. The van der Waals surface area contributed by atoms with Crippen molar-refractivity contribution in [3.8, 4) is 0 Å². The van der Waals surface area contributed by atoms with Crippen molar-refractivity contribution in [2.45, 2.75) is 52.5 Å². The van der Waals surface area contributed by atoms with Crippen molar-refractivity contribution < 1.29 is 0 Å². The average Bonchev–Trinajstić information content (AvgIpc) is 2.51. The van der Waals surface area contributed by atoms with Gasteiger partial charge in [0.15, 0.2) is 5.96 Å². The minimum absolute atomic E-state index is 0. The third-order valence-electron chi connectivity index (χ3n) is 4.38. The van der Waals surface area contributed by atoms with Crippen LogP contribution in [0.2, 0.25) is 0 Å². The molecule has 0 aromatic carbocycles. The van der Waals surface area contributed by atoms with Gasteiger partial charge >= 0.3 is 0 Å². The van der Waals surface area contributed by atoms with Crippen LogP contribution >= 0.6 is 24.0 Å². The van der Waals surface area contributed by atoms with Crippen molar-refractivity contribution in [1.29, 1.82) is 0 Å². The number of unbranched alkanes of at least 4 members (excludes halogenated alkanes) is 1. The predicted octanol–water partition coefficient (Wildman–Crippen LogP) is 3.59. The van der Waals surface area contributed by atoms with Crippen molar-refractivity contribution in [3.63, 3.8) is 0 Å². The van der Waals surface area contributed by atoms with Crippen molar-refractivity contribution in [3.05, 3.63) is 12.7 Å². The fraction of sp³-hybridized carbons (Fsp3) is 0.833. The normalized spacial score (nSPS) is 19.3. The fourth-order valence-electron chi connectivity index (χ4n) is 2.98. The van der Waals surface area contributed by atoms with E-state index in [-0.39, 0.29) is 24.0 Å². The van der Waals surface area contributed by atoms with E-state index in [9.17, 15) is 0 Å². The van der Waals surface area contributed by atoms with Crippen LogP contribution in [0.4, 0.5) is 0 Å². The number of halogens is 1. The van der Waals surface area contributed by atoms with Crippen molar-refractivity contribution in [2.75, 3.05) is 39.8 Å². The molecule has 23 heavy (non-hydrogen) atoms. The van der Waals surface area contributed by atoms with Gasteiger partial charge in [-0.05, 0) is 58.9 Å². The van der Waals surface area contributed by atoms with Gasteiger partial charge in [0.2, 0.25) is 0 Å². The number of hydrogen-bond donors (Lipinski definition) is 1. The van der Waals surface area contributed by atoms with Gasteiger partial charge in [-0.25, -0.2) is 0 Å². The second kappa shape index (κ2) is 13.0. The Morgan fingerprint density at radius 1 is 1.48 bits per heavy atom. The smallest absolute Gasteiger partial charge is 0.193 e. The number of guanidine groups is 1. The van der Waals surface area contributed by atoms with Gasteiger partial charge in [0.05, 0.1) is 0 Å². The summed E-state index contributed by atoms with van der Waals surface area (Å²) >= 11 is 0. The Bertz CT molecular complexity index is 344. The van der Waals surface area contributed by atoms with Gasteiger partial charge in [-0.2, -0.15) is 0 Å². The monoisotopic (exact) mass is 436 g/mol. The van der Waals surface area contributed by atoms with Crippen LogP contribution in [0.3, 0.4) is 0 Å². The van der Waals surface area contributed by atoms with Crippen LogP contribution in [0.1, 0.15) is 46.5 Å². The summed E-state index contributed by atoms with van der Waals surface area (Å²) < 4.78 is 0. The Morgan fingerprint density at radius 3 is 2.83 bits per heavy atom. The maximum Gasteiger partial charge on any atom is 0.193 e. The first-order valence-corrected chi connectivity index (χ1v) is 8.92. The standard InChI is InChI=1S/C18H36N4.HI/c1-6-8-9-12-21(5)18(19-7-2)20-14-17-11-10-13-22(15-17)16(3)4;/h6,16-17H,1,7-15H2,2-5H3,(H,19,20);1H. The van der Waals surface area contributed by atoms with Crippen LogP contribution in [-0.2, 0) is 0 Å². The number of likely N-dealkylation sites (tertiary alicyclic amines) is 1. The molecule has 1 fully saturated rings. The quantitative estimate of drug-likeness (QED) is 0.208. The fourth-order valence-corrected chi connectivity index (χ4v) is 2.98. The van der Waals surface area contributed by atoms with E-state index in [0.29, 0.717) is 12.0 Å². The van der Waals surface area contributed by atoms with Crippen LogP contribution in [0.25, 0.3) is 0 Å². The second-order valence-electron chi connectivity index (χ2n) is 6.64. The molecule has 0 saturated carbocycles. The number of allylic oxidation sites excluding steroid dienone is 1. The Balaban J connectivity index is 0.00000484. The Morgan fingerprint density at radius 2 is 2.22 bits per heavy atom.